The molecule has 0 saturated carbocycles. The SMILES string of the molecule is O=C1NCCC1c1ccc(I)cn1. The van der Waals surface area contributed by atoms with E-state index in [1.807, 2.05) is 12.1 Å². The Kier molecular flexibility index (Phi) is 2.48. The van der Waals surface area contributed by atoms with E-state index in [2.05, 4.69) is 32.9 Å². The van der Waals surface area contributed by atoms with Crippen LogP contribution in [-0.2, 0) is 4.79 Å². The number of carbonyl (C=O) groups excluding carboxylic acids is 1. The van der Waals surface area contributed by atoms with Crippen LogP contribution in [0.3, 0.4) is 0 Å². The molecule has 1 aliphatic heterocycles. The van der Waals surface area contributed by atoms with Crippen molar-refractivity contribution in [3.05, 3.63) is 27.6 Å². The van der Waals surface area contributed by atoms with Crippen LogP contribution in [0, 0.1) is 3.57 Å². The Morgan fingerprint density at radius 3 is 2.92 bits per heavy atom. The van der Waals surface area contributed by atoms with Crippen molar-refractivity contribution in [3.63, 3.8) is 0 Å². The van der Waals surface area contributed by atoms with Crippen LogP contribution in [0.5, 0.6) is 0 Å². The van der Waals surface area contributed by atoms with E-state index in [0.717, 1.165) is 22.2 Å². The second-order valence-corrected chi connectivity index (χ2v) is 4.28. The number of aromatic nitrogens is 1. The lowest BCUT2D eigenvalue weighted by molar-refractivity contribution is -0.120. The zero-order chi connectivity index (χ0) is 9.26. The van der Waals surface area contributed by atoms with Gasteiger partial charge < -0.3 is 5.32 Å². The van der Waals surface area contributed by atoms with E-state index in [4.69, 9.17) is 0 Å². The van der Waals surface area contributed by atoms with E-state index in [9.17, 15) is 4.79 Å². The first-order valence-corrected chi connectivity index (χ1v) is 5.24. The van der Waals surface area contributed by atoms with Crippen molar-refractivity contribution in [2.75, 3.05) is 6.54 Å². The van der Waals surface area contributed by atoms with Gasteiger partial charge >= 0.3 is 0 Å². The number of rotatable bonds is 1. The lowest BCUT2D eigenvalue weighted by Crippen LogP contribution is -2.18. The maximum absolute atomic E-state index is 11.3. The molecule has 2 rings (SSSR count). The average molecular weight is 288 g/mol. The van der Waals surface area contributed by atoms with Crippen molar-refractivity contribution in [3.8, 4) is 0 Å². The molecule has 0 spiro atoms. The van der Waals surface area contributed by atoms with Crippen molar-refractivity contribution < 1.29 is 4.79 Å². The average Bonchev–Trinajstić information content (AvgIpc) is 2.53. The number of hydrogen-bond acceptors (Lipinski definition) is 2. The smallest absolute Gasteiger partial charge is 0.229 e. The number of pyridine rings is 1. The molecule has 4 heteroatoms. The van der Waals surface area contributed by atoms with Gasteiger partial charge in [-0.15, -0.1) is 0 Å². The monoisotopic (exact) mass is 288 g/mol. The van der Waals surface area contributed by atoms with Gasteiger partial charge in [0.25, 0.3) is 0 Å². The van der Waals surface area contributed by atoms with Gasteiger partial charge in [0.1, 0.15) is 0 Å². The summed E-state index contributed by atoms with van der Waals surface area (Å²) in [6.45, 7) is 0.775. The summed E-state index contributed by atoms with van der Waals surface area (Å²) in [5, 5.41) is 2.80. The molecule has 1 atom stereocenters. The van der Waals surface area contributed by atoms with Gasteiger partial charge in [-0.3, -0.25) is 9.78 Å². The minimum Gasteiger partial charge on any atom is -0.355 e. The van der Waals surface area contributed by atoms with Crippen LogP contribution in [0.15, 0.2) is 18.3 Å². The van der Waals surface area contributed by atoms with Gasteiger partial charge in [0.15, 0.2) is 0 Å². The zero-order valence-corrected chi connectivity index (χ0v) is 9.11. The normalized spacial score (nSPS) is 21.6. The molecule has 1 amide bonds. The topological polar surface area (TPSA) is 42.0 Å². The molecule has 0 aliphatic carbocycles. The summed E-state index contributed by atoms with van der Waals surface area (Å²) in [4.78, 5) is 15.5. The number of nitrogens with zero attached hydrogens (tertiary/aromatic N) is 1. The lowest BCUT2D eigenvalue weighted by atomic mass is 10.0. The summed E-state index contributed by atoms with van der Waals surface area (Å²) in [7, 11) is 0. The third-order valence-electron chi connectivity index (χ3n) is 2.16. The highest BCUT2D eigenvalue weighted by Crippen LogP contribution is 2.21. The molecular weight excluding hydrogens is 279 g/mol. The Morgan fingerprint density at radius 1 is 1.54 bits per heavy atom. The van der Waals surface area contributed by atoms with E-state index < -0.39 is 0 Å². The van der Waals surface area contributed by atoms with E-state index in [0.29, 0.717) is 0 Å². The first kappa shape index (κ1) is 8.93. The van der Waals surface area contributed by atoms with E-state index in [1.165, 1.54) is 0 Å². The van der Waals surface area contributed by atoms with Gasteiger partial charge in [0.05, 0.1) is 11.6 Å². The van der Waals surface area contributed by atoms with Crippen molar-refractivity contribution in [2.45, 2.75) is 12.3 Å². The Labute approximate surface area is 90.1 Å². The molecule has 1 N–H and O–H groups in total. The molecule has 13 heavy (non-hydrogen) atoms. The Morgan fingerprint density at radius 2 is 2.38 bits per heavy atom. The second kappa shape index (κ2) is 3.61. The molecule has 2 heterocycles. The van der Waals surface area contributed by atoms with E-state index >= 15 is 0 Å². The first-order chi connectivity index (χ1) is 6.27. The number of carbonyl (C=O) groups is 1. The lowest BCUT2D eigenvalue weighted by Gasteiger charge is -2.04. The molecule has 1 fully saturated rings. The predicted octanol–water partition coefficient (Wildman–Crippen LogP) is 1.29. The van der Waals surface area contributed by atoms with Gasteiger partial charge in [0, 0.05) is 16.3 Å². The zero-order valence-electron chi connectivity index (χ0n) is 6.96. The quantitative estimate of drug-likeness (QED) is 0.791. The van der Waals surface area contributed by atoms with Crippen LogP contribution in [0.4, 0.5) is 0 Å². The Balaban J connectivity index is 2.25. The van der Waals surface area contributed by atoms with Gasteiger partial charge in [-0.2, -0.15) is 0 Å². The maximum atomic E-state index is 11.3. The predicted molar refractivity (Wildman–Crippen MR) is 57.3 cm³/mol. The fraction of sp³-hybridized carbons (Fsp3) is 0.333. The fourth-order valence-electron chi connectivity index (χ4n) is 1.47. The number of amides is 1. The first-order valence-electron chi connectivity index (χ1n) is 4.16. The van der Waals surface area contributed by atoms with Crippen molar-refractivity contribution in [1.82, 2.24) is 10.3 Å². The molecule has 3 nitrogen and oxygen atoms in total. The van der Waals surface area contributed by atoms with Crippen LogP contribution >= 0.6 is 22.6 Å². The fourth-order valence-corrected chi connectivity index (χ4v) is 1.79. The third-order valence-corrected chi connectivity index (χ3v) is 2.79. The minimum atomic E-state index is -0.0306. The second-order valence-electron chi connectivity index (χ2n) is 3.03. The summed E-state index contributed by atoms with van der Waals surface area (Å²) in [5.41, 5.74) is 0.885. The van der Waals surface area contributed by atoms with Crippen LogP contribution in [0.2, 0.25) is 0 Å². The highest BCUT2D eigenvalue weighted by molar-refractivity contribution is 14.1. The highest BCUT2D eigenvalue weighted by atomic mass is 127. The van der Waals surface area contributed by atoms with Crippen LogP contribution in [0.1, 0.15) is 18.0 Å². The number of nitrogens with one attached hydrogen (secondary N) is 1. The van der Waals surface area contributed by atoms with Crippen LogP contribution in [-0.4, -0.2) is 17.4 Å². The van der Waals surface area contributed by atoms with E-state index in [1.54, 1.807) is 6.20 Å². The van der Waals surface area contributed by atoms with Crippen LogP contribution in [0.25, 0.3) is 0 Å². The summed E-state index contributed by atoms with van der Waals surface area (Å²) in [5.74, 6) is 0.0747. The summed E-state index contributed by atoms with van der Waals surface area (Å²) in [6.07, 6.45) is 2.66. The molecule has 1 unspecified atom stereocenters. The summed E-state index contributed by atoms with van der Waals surface area (Å²) >= 11 is 2.20. The molecule has 1 aliphatic rings. The Bertz CT molecular complexity index is 323. The summed E-state index contributed by atoms with van der Waals surface area (Å²) in [6, 6.07) is 3.91. The van der Waals surface area contributed by atoms with Crippen molar-refractivity contribution in [2.24, 2.45) is 0 Å². The maximum Gasteiger partial charge on any atom is 0.229 e. The number of halogens is 1. The van der Waals surface area contributed by atoms with Crippen molar-refractivity contribution >= 4 is 28.5 Å². The van der Waals surface area contributed by atoms with Crippen molar-refractivity contribution in [1.29, 1.82) is 0 Å². The van der Waals surface area contributed by atoms with Gasteiger partial charge in [-0.05, 0) is 41.1 Å². The molecule has 1 aromatic heterocycles. The van der Waals surface area contributed by atoms with Gasteiger partial charge in [-0.1, -0.05) is 0 Å². The summed E-state index contributed by atoms with van der Waals surface area (Å²) < 4.78 is 1.10. The molecule has 68 valence electrons. The minimum absolute atomic E-state index is 0.0306. The molecule has 1 aromatic rings. The van der Waals surface area contributed by atoms with Gasteiger partial charge in [-0.25, -0.2) is 0 Å². The molecule has 1 saturated heterocycles. The largest absolute Gasteiger partial charge is 0.355 e. The third kappa shape index (κ3) is 1.82. The molecule has 0 aromatic carbocycles. The molecular formula is C9H9IN2O. The van der Waals surface area contributed by atoms with Gasteiger partial charge in [0.2, 0.25) is 5.91 Å². The number of hydrogen-bond donors (Lipinski definition) is 1. The van der Waals surface area contributed by atoms with E-state index in [-0.39, 0.29) is 11.8 Å². The Hall–Kier alpha value is -0.650. The molecule has 0 bridgehead atoms. The highest BCUT2D eigenvalue weighted by Gasteiger charge is 2.26. The molecule has 0 radical (unpaired) electrons. The van der Waals surface area contributed by atoms with Crippen LogP contribution < -0.4 is 5.32 Å². The standard InChI is InChI=1S/C9H9IN2O/c10-6-1-2-8(12-5-6)7-3-4-11-9(7)13/h1-2,5,7H,3-4H2,(H,11,13).